The summed E-state index contributed by atoms with van der Waals surface area (Å²) >= 11 is 0. The summed E-state index contributed by atoms with van der Waals surface area (Å²) < 4.78 is 5.07. The van der Waals surface area contributed by atoms with Gasteiger partial charge in [-0.1, -0.05) is 0 Å². The van der Waals surface area contributed by atoms with Gasteiger partial charge in [-0.3, -0.25) is 4.79 Å². The zero-order chi connectivity index (χ0) is 13.1. The van der Waals surface area contributed by atoms with Gasteiger partial charge in [0, 0.05) is 25.7 Å². The Labute approximate surface area is 106 Å². The van der Waals surface area contributed by atoms with Crippen LogP contribution in [0.5, 0.6) is 11.5 Å². The van der Waals surface area contributed by atoms with Crippen molar-refractivity contribution < 1.29 is 14.6 Å². The Bertz CT molecular complexity index is 448. The maximum atomic E-state index is 12.3. The molecule has 5 heteroatoms. The fraction of sp³-hybridized carbons (Fsp3) is 0.462. The van der Waals surface area contributed by atoms with Crippen LogP contribution in [0.4, 0.5) is 0 Å². The normalized spacial score (nSPS) is 19.7. The minimum absolute atomic E-state index is 0.00742. The Morgan fingerprint density at radius 2 is 2.33 bits per heavy atom. The van der Waals surface area contributed by atoms with Crippen molar-refractivity contribution in [2.75, 3.05) is 26.7 Å². The zero-order valence-electron chi connectivity index (χ0n) is 10.6. The van der Waals surface area contributed by atoms with Gasteiger partial charge in [0.15, 0.2) is 0 Å². The predicted molar refractivity (Wildman–Crippen MR) is 68.0 cm³/mol. The summed E-state index contributed by atoms with van der Waals surface area (Å²) in [6.45, 7) is 4.11. The van der Waals surface area contributed by atoms with Gasteiger partial charge in [-0.05, 0) is 25.1 Å². The number of carbonyl (C=O) groups excluding carboxylic acids is 1. The topological polar surface area (TPSA) is 61.8 Å². The molecule has 18 heavy (non-hydrogen) atoms. The average Bonchev–Trinajstić information content (AvgIpc) is 2.38. The van der Waals surface area contributed by atoms with Crippen molar-refractivity contribution in [3.8, 4) is 11.5 Å². The number of amides is 1. The molecule has 5 nitrogen and oxygen atoms in total. The van der Waals surface area contributed by atoms with Crippen molar-refractivity contribution in [2.45, 2.75) is 13.0 Å². The molecule has 1 aromatic rings. The second-order valence-electron chi connectivity index (χ2n) is 4.49. The van der Waals surface area contributed by atoms with Crippen molar-refractivity contribution in [3.05, 3.63) is 23.8 Å². The van der Waals surface area contributed by atoms with Gasteiger partial charge in [0.1, 0.15) is 11.5 Å². The van der Waals surface area contributed by atoms with Gasteiger partial charge in [0.25, 0.3) is 5.91 Å². The molecule has 1 fully saturated rings. The summed E-state index contributed by atoms with van der Waals surface area (Å²) in [7, 11) is 1.54. The number of rotatable bonds is 2. The number of ether oxygens (including phenoxy) is 1. The summed E-state index contributed by atoms with van der Waals surface area (Å²) in [5.74, 6) is 0.408. The summed E-state index contributed by atoms with van der Waals surface area (Å²) in [6.07, 6.45) is 0. The number of piperazine rings is 1. The number of hydrogen-bond acceptors (Lipinski definition) is 4. The zero-order valence-corrected chi connectivity index (χ0v) is 10.6. The van der Waals surface area contributed by atoms with E-state index in [4.69, 9.17) is 4.74 Å². The summed E-state index contributed by atoms with van der Waals surface area (Å²) in [6, 6.07) is 4.96. The molecule has 1 aliphatic heterocycles. The van der Waals surface area contributed by atoms with Gasteiger partial charge >= 0.3 is 0 Å². The third kappa shape index (κ3) is 2.56. The van der Waals surface area contributed by atoms with E-state index >= 15 is 0 Å². The average molecular weight is 250 g/mol. The number of hydrogen-bond donors (Lipinski definition) is 2. The standard InChI is InChI=1S/C13H18N2O3/c1-9-8-15(6-5-14-9)13(17)11-7-10(18-2)3-4-12(11)16/h3-4,7,9,14,16H,5-6,8H2,1-2H3. The molecule has 0 bridgehead atoms. The SMILES string of the molecule is COc1ccc(O)c(C(=O)N2CCNC(C)C2)c1. The van der Waals surface area contributed by atoms with Crippen LogP contribution in [0.25, 0.3) is 0 Å². The van der Waals surface area contributed by atoms with E-state index in [0.29, 0.717) is 24.4 Å². The van der Waals surface area contributed by atoms with E-state index < -0.39 is 0 Å². The van der Waals surface area contributed by atoms with E-state index in [2.05, 4.69) is 5.32 Å². The molecule has 2 rings (SSSR count). The van der Waals surface area contributed by atoms with Crippen LogP contribution in [0.1, 0.15) is 17.3 Å². The van der Waals surface area contributed by atoms with Crippen LogP contribution in [0, 0.1) is 0 Å². The Kier molecular flexibility index (Phi) is 3.72. The third-order valence-electron chi connectivity index (χ3n) is 3.09. The summed E-state index contributed by atoms with van der Waals surface area (Å²) in [5, 5.41) is 13.1. The molecule has 1 atom stereocenters. The van der Waals surface area contributed by atoms with Gasteiger partial charge in [0.05, 0.1) is 12.7 Å². The number of carbonyl (C=O) groups is 1. The lowest BCUT2D eigenvalue weighted by Gasteiger charge is -2.32. The van der Waals surface area contributed by atoms with Crippen LogP contribution < -0.4 is 10.1 Å². The molecule has 1 aliphatic rings. The number of aromatic hydroxyl groups is 1. The number of benzene rings is 1. The molecule has 1 saturated heterocycles. The second kappa shape index (κ2) is 5.27. The molecular formula is C13H18N2O3. The molecule has 0 aliphatic carbocycles. The molecule has 0 radical (unpaired) electrons. The minimum atomic E-state index is -0.153. The molecule has 0 saturated carbocycles. The van der Waals surface area contributed by atoms with Crippen molar-refractivity contribution in [2.24, 2.45) is 0 Å². The van der Waals surface area contributed by atoms with Crippen molar-refractivity contribution in [1.29, 1.82) is 0 Å². The Hall–Kier alpha value is -1.75. The van der Waals surface area contributed by atoms with Gasteiger partial charge in [-0.15, -0.1) is 0 Å². The molecule has 1 aromatic carbocycles. The largest absolute Gasteiger partial charge is 0.507 e. The van der Waals surface area contributed by atoms with Crippen LogP contribution in [0.3, 0.4) is 0 Å². The summed E-state index contributed by atoms with van der Waals surface area (Å²) in [5.41, 5.74) is 0.295. The van der Waals surface area contributed by atoms with Crippen molar-refractivity contribution in [3.63, 3.8) is 0 Å². The first-order valence-electron chi connectivity index (χ1n) is 6.01. The molecule has 98 valence electrons. The smallest absolute Gasteiger partial charge is 0.257 e. The monoisotopic (exact) mass is 250 g/mol. The summed E-state index contributed by atoms with van der Waals surface area (Å²) in [4.78, 5) is 14.1. The quantitative estimate of drug-likeness (QED) is 0.816. The number of phenols is 1. The number of nitrogens with zero attached hydrogens (tertiary/aromatic N) is 1. The molecule has 1 amide bonds. The van der Waals surface area contributed by atoms with E-state index in [1.54, 1.807) is 17.0 Å². The Balaban J connectivity index is 2.22. The molecular weight excluding hydrogens is 232 g/mol. The van der Waals surface area contributed by atoms with E-state index in [0.717, 1.165) is 6.54 Å². The van der Waals surface area contributed by atoms with E-state index in [-0.39, 0.29) is 17.7 Å². The van der Waals surface area contributed by atoms with Gasteiger partial charge in [-0.25, -0.2) is 0 Å². The fourth-order valence-electron chi connectivity index (χ4n) is 2.10. The lowest BCUT2D eigenvalue weighted by atomic mass is 10.1. The van der Waals surface area contributed by atoms with Crippen LogP contribution in [0.2, 0.25) is 0 Å². The Morgan fingerprint density at radius 1 is 1.56 bits per heavy atom. The van der Waals surface area contributed by atoms with Crippen LogP contribution in [0.15, 0.2) is 18.2 Å². The Morgan fingerprint density at radius 3 is 3.00 bits per heavy atom. The van der Waals surface area contributed by atoms with Gasteiger partial charge in [0.2, 0.25) is 0 Å². The molecule has 0 spiro atoms. The highest BCUT2D eigenvalue weighted by Crippen LogP contribution is 2.24. The second-order valence-corrected chi connectivity index (χ2v) is 4.49. The lowest BCUT2D eigenvalue weighted by Crippen LogP contribution is -2.51. The van der Waals surface area contributed by atoms with Crippen LogP contribution in [-0.4, -0.2) is 48.7 Å². The number of methoxy groups -OCH3 is 1. The maximum absolute atomic E-state index is 12.3. The highest BCUT2D eigenvalue weighted by atomic mass is 16.5. The highest BCUT2D eigenvalue weighted by molar-refractivity contribution is 5.97. The maximum Gasteiger partial charge on any atom is 0.257 e. The van der Waals surface area contributed by atoms with E-state index in [9.17, 15) is 9.90 Å². The first kappa shape index (κ1) is 12.7. The van der Waals surface area contributed by atoms with Crippen molar-refractivity contribution in [1.82, 2.24) is 10.2 Å². The number of phenolic OH excluding ortho intramolecular Hbond substituents is 1. The van der Waals surface area contributed by atoms with Gasteiger partial charge < -0.3 is 20.1 Å². The highest BCUT2D eigenvalue weighted by Gasteiger charge is 2.23. The number of nitrogens with one attached hydrogen (secondary N) is 1. The first-order chi connectivity index (χ1) is 8.61. The fourth-order valence-corrected chi connectivity index (χ4v) is 2.10. The molecule has 0 aromatic heterocycles. The van der Waals surface area contributed by atoms with Crippen molar-refractivity contribution >= 4 is 5.91 Å². The molecule has 1 unspecified atom stereocenters. The lowest BCUT2D eigenvalue weighted by molar-refractivity contribution is 0.0705. The molecule has 2 N–H and O–H groups in total. The third-order valence-corrected chi connectivity index (χ3v) is 3.09. The van der Waals surface area contributed by atoms with Crippen LogP contribution >= 0.6 is 0 Å². The molecule has 1 heterocycles. The van der Waals surface area contributed by atoms with E-state index in [1.807, 2.05) is 6.92 Å². The van der Waals surface area contributed by atoms with Gasteiger partial charge in [-0.2, -0.15) is 0 Å². The first-order valence-corrected chi connectivity index (χ1v) is 6.01. The minimum Gasteiger partial charge on any atom is -0.507 e. The van der Waals surface area contributed by atoms with E-state index in [1.165, 1.54) is 13.2 Å². The van der Waals surface area contributed by atoms with Crippen LogP contribution in [-0.2, 0) is 0 Å². The predicted octanol–water partition coefficient (Wildman–Crippen LogP) is 0.835.